The van der Waals surface area contributed by atoms with Crippen molar-refractivity contribution in [2.75, 3.05) is 0 Å². The van der Waals surface area contributed by atoms with Crippen molar-refractivity contribution in [2.24, 2.45) is 0 Å². The van der Waals surface area contributed by atoms with E-state index in [1.807, 2.05) is 20.8 Å². The van der Waals surface area contributed by atoms with Crippen LogP contribution in [-0.4, -0.2) is 23.5 Å². The zero-order chi connectivity index (χ0) is 9.46. The molecule has 0 amide bonds. The first-order valence-corrected chi connectivity index (χ1v) is 3.87. The normalized spacial score (nSPS) is 10.2. The van der Waals surface area contributed by atoms with Crippen LogP contribution in [0, 0.1) is 20.8 Å². The third-order valence-electron chi connectivity index (χ3n) is 2.51. The Morgan fingerprint density at radius 3 is 1.25 bits per heavy atom. The van der Waals surface area contributed by atoms with Crippen LogP contribution < -0.4 is 16.4 Å². The monoisotopic (exact) mass is 150 g/mol. The molecule has 0 N–H and O–H groups in total. The van der Waals surface area contributed by atoms with Crippen molar-refractivity contribution in [2.45, 2.75) is 20.8 Å². The average Bonchev–Trinajstić information content (AvgIpc) is 2.08. The minimum atomic E-state index is 0.510. The summed E-state index contributed by atoms with van der Waals surface area (Å²) in [6.07, 6.45) is 0. The van der Waals surface area contributed by atoms with Gasteiger partial charge in [0.2, 0.25) is 0 Å². The molecule has 0 aromatic heterocycles. The van der Waals surface area contributed by atoms with Crippen LogP contribution >= 0.6 is 0 Å². The topological polar surface area (TPSA) is 0 Å². The molecule has 6 radical (unpaired) electrons. The highest BCUT2D eigenvalue weighted by molar-refractivity contribution is 6.58. The van der Waals surface area contributed by atoms with E-state index in [0.29, 0.717) is 16.4 Å². The summed E-state index contributed by atoms with van der Waals surface area (Å²) in [6, 6.07) is 0. The Morgan fingerprint density at radius 1 is 0.583 bits per heavy atom. The fourth-order valence-electron chi connectivity index (χ4n) is 1.23. The van der Waals surface area contributed by atoms with Crippen molar-refractivity contribution in [1.29, 1.82) is 0 Å². The van der Waals surface area contributed by atoms with E-state index >= 15 is 0 Å². The molecule has 0 aliphatic heterocycles. The van der Waals surface area contributed by atoms with Gasteiger partial charge in [0.05, 0.1) is 0 Å². The Kier molecular flexibility index (Phi) is 2.41. The minimum absolute atomic E-state index is 0.510. The first-order chi connectivity index (χ1) is 5.46. The van der Waals surface area contributed by atoms with Crippen LogP contribution in [0.3, 0.4) is 0 Å². The zero-order valence-corrected chi connectivity index (χ0v) is 7.73. The van der Waals surface area contributed by atoms with Gasteiger partial charge < -0.3 is 0 Å². The standard InChI is InChI=1S/C9H9B3/c1-4-5(2)7(10)9(12)8(11)6(4)3/h1-3H3. The lowest BCUT2D eigenvalue weighted by atomic mass is 9.67. The summed E-state index contributed by atoms with van der Waals surface area (Å²) in [5, 5.41) is 0. The van der Waals surface area contributed by atoms with Crippen LogP contribution in [0.4, 0.5) is 0 Å². The molecule has 3 heteroatoms. The SMILES string of the molecule is [B]c1c([B])c(C)c(C)c(C)c1[B]. The van der Waals surface area contributed by atoms with Gasteiger partial charge in [-0.2, -0.15) is 0 Å². The molecule has 0 heterocycles. The molecule has 0 bridgehead atoms. The Hall–Kier alpha value is -0.585. The van der Waals surface area contributed by atoms with Gasteiger partial charge in [0.1, 0.15) is 23.5 Å². The lowest BCUT2D eigenvalue weighted by molar-refractivity contribution is 1.31. The van der Waals surface area contributed by atoms with Crippen molar-refractivity contribution >= 4 is 39.9 Å². The second kappa shape index (κ2) is 3.04. The van der Waals surface area contributed by atoms with E-state index in [2.05, 4.69) is 0 Å². The van der Waals surface area contributed by atoms with Crippen LogP contribution in [0.25, 0.3) is 0 Å². The maximum atomic E-state index is 5.75. The van der Waals surface area contributed by atoms with Gasteiger partial charge in [-0.25, -0.2) is 0 Å². The number of benzene rings is 1. The third kappa shape index (κ3) is 1.22. The van der Waals surface area contributed by atoms with E-state index < -0.39 is 0 Å². The molecule has 0 spiro atoms. The Morgan fingerprint density at radius 2 is 0.917 bits per heavy atom. The highest BCUT2D eigenvalue weighted by Crippen LogP contribution is 2.04. The van der Waals surface area contributed by atoms with Crippen LogP contribution in [0.2, 0.25) is 0 Å². The van der Waals surface area contributed by atoms with E-state index in [-0.39, 0.29) is 0 Å². The van der Waals surface area contributed by atoms with E-state index in [4.69, 9.17) is 23.5 Å². The van der Waals surface area contributed by atoms with Crippen molar-refractivity contribution < 1.29 is 0 Å². The van der Waals surface area contributed by atoms with Crippen LogP contribution in [0.15, 0.2) is 0 Å². The molecule has 1 rings (SSSR count). The Balaban J connectivity index is 3.60. The zero-order valence-electron chi connectivity index (χ0n) is 7.73. The van der Waals surface area contributed by atoms with Gasteiger partial charge in [0, 0.05) is 0 Å². The summed E-state index contributed by atoms with van der Waals surface area (Å²) < 4.78 is 0. The molecule has 0 saturated heterocycles. The van der Waals surface area contributed by atoms with Gasteiger partial charge >= 0.3 is 0 Å². The molecule has 0 saturated carbocycles. The van der Waals surface area contributed by atoms with Gasteiger partial charge in [-0.05, 0) is 26.3 Å². The van der Waals surface area contributed by atoms with Crippen LogP contribution in [0.1, 0.15) is 16.7 Å². The molecular formula is C9H9B3. The van der Waals surface area contributed by atoms with Crippen molar-refractivity contribution in [1.82, 2.24) is 0 Å². The molecular weight excluding hydrogens is 141 g/mol. The number of hydrogen-bond acceptors (Lipinski definition) is 0. The largest absolute Gasteiger partial charge is 0.113 e. The second-order valence-corrected chi connectivity index (χ2v) is 3.12. The molecule has 1 aromatic rings. The Bertz CT molecular complexity index is 224. The second-order valence-electron chi connectivity index (χ2n) is 3.12. The molecule has 54 valence electrons. The third-order valence-corrected chi connectivity index (χ3v) is 2.51. The predicted molar refractivity (Wildman–Crippen MR) is 56.8 cm³/mol. The average molecular weight is 150 g/mol. The van der Waals surface area contributed by atoms with Crippen LogP contribution in [0.5, 0.6) is 0 Å². The molecule has 0 fully saturated rings. The van der Waals surface area contributed by atoms with Crippen molar-refractivity contribution in [3.05, 3.63) is 16.7 Å². The van der Waals surface area contributed by atoms with Gasteiger partial charge in [-0.3, -0.25) is 0 Å². The smallest absolute Gasteiger partial charge is 0.110 e. The van der Waals surface area contributed by atoms with Crippen LogP contribution in [-0.2, 0) is 0 Å². The van der Waals surface area contributed by atoms with E-state index in [1.165, 1.54) is 0 Å². The summed E-state index contributed by atoms with van der Waals surface area (Å²) in [5.41, 5.74) is 4.90. The molecule has 0 atom stereocenters. The lowest BCUT2D eigenvalue weighted by Gasteiger charge is -2.16. The van der Waals surface area contributed by atoms with Gasteiger partial charge in [0.25, 0.3) is 0 Å². The number of rotatable bonds is 0. The molecule has 0 aliphatic carbocycles. The van der Waals surface area contributed by atoms with E-state index in [9.17, 15) is 0 Å². The van der Waals surface area contributed by atoms with E-state index in [0.717, 1.165) is 16.7 Å². The summed E-state index contributed by atoms with van der Waals surface area (Å²) in [7, 11) is 17.2. The highest BCUT2D eigenvalue weighted by Gasteiger charge is 2.06. The van der Waals surface area contributed by atoms with E-state index in [1.54, 1.807) is 0 Å². The number of hydrogen-bond donors (Lipinski definition) is 0. The summed E-state index contributed by atoms with van der Waals surface area (Å²) in [5.74, 6) is 0. The molecule has 1 aromatic carbocycles. The first-order valence-electron chi connectivity index (χ1n) is 3.87. The quantitative estimate of drug-likeness (QED) is 0.415. The summed E-state index contributed by atoms with van der Waals surface area (Å²) in [4.78, 5) is 0. The maximum absolute atomic E-state index is 5.75. The fourth-order valence-corrected chi connectivity index (χ4v) is 1.23. The molecule has 0 aliphatic rings. The minimum Gasteiger partial charge on any atom is -0.110 e. The summed E-state index contributed by atoms with van der Waals surface area (Å²) >= 11 is 0. The lowest BCUT2D eigenvalue weighted by Crippen LogP contribution is -2.42. The molecule has 0 unspecified atom stereocenters. The van der Waals surface area contributed by atoms with Gasteiger partial charge in [-0.15, -0.1) is 16.4 Å². The highest BCUT2D eigenvalue weighted by atomic mass is 14.1. The van der Waals surface area contributed by atoms with Crippen molar-refractivity contribution in [3.63, 3.8) is 0 Å². The fraction of sp³-hybridized carbons (Fsp3) is 0.333. The van der Waals surface area contributed by atoms with Crippen molar-refractivity contribution in [3.8, 4) is 0 Å². The van der Waals surface area contributed by atoms with Gasteiger partial charge in [0.15, 0.2) is 0 Å². The van der Waals surface area contributed by atoms with Gasteiger partial charge in [-0.1, -0.05) is 11.1 Å². The summed E-state index contributed by atoms with van der Waals surface area (Å²) in [6.45, 7) is 5.90. The molecule has 0 nitrogen and oxygen atoms in total. The first kappa shape index (κ1) is 9.50. The molecule has 12 heavy (non-hydrogen) atoms. The maximum Gasteiger partial charge on any atom is 0.113 e. The Labute approximate surface area is 78.0 Å². The predicted octanol–water partition coefficient (Wildman–Crippen LogP) is -1.01.